The first-order valence-electron chi connectivity index (χ1n) is 13.1. The highest BCUT2D eigenvalue weighted by molar-refractivity contribution is 7.55. The van der Waals surface area contributed by atoms with Gasteiger partial charge in [-0.05, 0) is 42.4 Å². The number of imidazole rings is 1. The molecule has 3 unspecified atom stereocenters. The molecule has 12 nitrogen and oxygen atoms in total. The fourth-order valence-electron chi connectivity index (χ4n) is 4.66. The number of hydrogen-bond acceptors (Lipinski definition) is 10. The summed E-state index contributed by atoms with van der Waals surface area (Å²) >= 11 is 0. The topological polar surface area (TPSA) is 149 Å². The van der Waals surface area contributed by atoms with E-state index in [0.29, 0.717) is 28.4 Å². The first kappa shape index (κ1) is 27.1. The highest BCUT2D eigenvalue weighted by Crippen LogP contribution is 2.57. The van der Waals surface area contributed by atoms with Crippen LogP contribution in [0.25, 0.3) is 22.7 Å². The van der Waals surface area contributed by atoms with Crippen LogP contribution in [-0.4, -0.2) is 52.8 Å². The number of hydrogen-bond donors (Lipinski definition) is 2. The van der Waals surface area contributed by atoms with Crippen molar-refractivity contribution in [2.45, 2.75) is 63.4 Å². The van der Waals surface area contributed by atoms with Crippen LogP contribution in [0.2, 0.25) is 18.1 Å². The number of nitrogens with two attached hydrogens (primary N) is 1. The molecule has 212 valence electrons. The zero-order valence-electron chi connectivity index (χ0n) is 23.0. The van der Waals surface area contributed by atoms with Gasteiger partial charge in [0, 0.05) is 5.69 Å². The van der Waals surface area contributed by atoms with Crippen LogP contribution in [0.5, 0.6) is 0 Å². The fourth-order valence-corrected chi connectivity index (χ4v) is 7.51. The van der Waals surface area contributed by atoms with Gasteiger partial charge in [-0.25, -0.2) is 19.5 Å². The third-order valence-electron chi connectivity index (χ3n) is 7.73. The average molecular weight is 585 g/mol. The van der Waals surface area contributed by atoms with Gasteiger partial charge in [0.2, 0.25) is 0 Å². The van der Waals surface area contributed by atoms with E-state index in [1.807, 2.05) is 18.2 Å². The Kier molecular flexibility index (Phi) is 6.64. The molecule has 0 spiro atoms. The third kappa shape index (κ3) is 4.76. The molecule has 0 bridgehead atoms. The maximum atomic E-state index is 13.8. The molecule has 0 radical (unpaired) electrons. The molecular formula is C26H33N6O6PSi. The molecule has 3 N–H and O–H groups in total. The monoisotopic (exact) mass is 584 g/mol. The van der Waals surface area contributed by atoms with Crippen molar-refractivity contribution in [2.24, 2.45) is 0 Å². The molecule has 6 rings (SSSR count). The lowest BCUT2D eigenvalue weighted by atomic mass is 10.1. The van der Waals surface area contributed by atoms with Crippen LogP contribution in [0.1, 0.15) is 27.0 Å². The summed E-state index contributed by atoms with van der Waals surface area (Å²) in [5.41, 5.74) is 7.68. The van der Waals surface area contributed by atoms with Gasteiger partial charge in [0.15, 0.2) is 43.1 Å². The highest BCUT2D eigenvalue weighted by atomic mass is 31.2. The van der Waals surface area contributed by atoms with Crippen molar-refractivity contribution in [3.05, 3.63) is 55.1 Å². The van der Waals surface area contributed by atoms with Crippen LogP contribution < -0.4 is 10.8 Å². The van der Waals surface area contributed by atoms with Crippen LogP contribution in [0.4, 0.5) is 11.5 Å². The number of benzene rings is 1. The molecule has 2 fully saturated rings. The lowest BCUT2D eigenvalue weighted by Crippen LogP contribution is -2.50. The summed E-state index contributed by atoms with van der Waals surface area (Å²) in [5.74, 6) is 1.17. The summed E-state index contributed by atoms with van der Waals surface area (Å²) in [6.45, 7) is 10.8. The standard InChI is InChI=1S/C26H33N6O6PSi/c1-26(2,3)40(4,5)38-21-20-18(14-35-39(33,37-20)31-16-10-7-6-8-11-16)36-25(21)32-23(17-12-9-13-34-17)30-19-22(27)28-15-29-24(19)32/h6-13,15,18,20-21,25H,14H2,1-5H3,(H,31,33)(H2,27,28,29)/t18?,20-,21?,25?,39-/m0/s1. The van der Waals surface area contributed by atoms with Crippen molar-refractivity contribution in [1.82, 2.24) is 19.5 Å². The number of aromatic nitrogens is 4. The first-order chi connectivity index (χ1) is 19.0. The van der Waals surface area contributed by atoms with Crippen molar-refractivity contribution in [3.63, 3.8) is 0 Å². The van der Waals surface area contributed by atoms with Gasteiger partial charge in [-0.2, -0.15) is 0 Å². The molecule has 3 aromatic heterocycles. The normalized spacial score (nSPS) is 27.1. The molecule has 4 aromatic rings. The Hall–Kier alpha value is -3.06. The summed E-state index contributed by atoms with van der Waals surface area (Å²) < 4.78 is 47.0. The second-order valence-corrected chi connectivity index (χ2v) is 17.9. The van der Waals surface area contributed by atoms with E-state index in [0.717, 1.165) is 0 Å². The van der Waals surface area contributed by atoms with Gasteiger partial charge in [0.25, 0.3) is 0 Å². The van der Waals surface area contributed by atoms with E-state index in [1.54, 1.807) is 35.1 Å². The third-order valence-corrected chi connectivity index (χ3v) is 13.7. The van der Waals surface area contributed by atoms with Crippen molar-refractivity contribution in [2.75, 3.05) is 17.4 Å². The van der Waals surface area contributed by atoms with Gasteiger partial charge in [0.05, 0.1) is 12.9 Å². The molecule has 5 heterocycles. The summed E-state index contributed by atoms with van der Waals surface area (Å²) in [7, 11) is -6.16. The van der Waals surface area contributed by atoms with Gasteiger partial charge < -0.3 is 19.3 Å². The highest BCUT2D eigenvalue weighted by Gasteiger charge is 2.57. The largest absolute Gasteiger partial charge is 0.461 e. The number of para-hydroxylation sites is 1. The van der Waals surface area contributed by atoms with E-state index in [9.17, 15) is 4.57 Å². The van der Waals surface area contributed by atoms with E-state index in [4.69, 9.17) is 33.3 Å². The first-order valence-corrected chi connectivity index (χ1v) is 17.5. The Morgan fingerprint density at radius 2 is 1.93 bits per heavy atom. The van der Waals surface area contributed by atoms with Crippen LogP contribution in [0.3, 0.4) is 0 Å². The van der Waals surface area contributed by atoms with Gasteiger partial charge in [-0.15, -0.1) is 0 Å². The van der Waals surface area contributed by atoms with E-state index in [1.165, 1.54) is 6.33 Å². The number of nitrogens with zero attached hydrogens (tertiary/aromatic N) is 4. The summed E-state index contributed by atoms with van der Waals surface area (Å²) in [4.78, 5) is 13.4. The second-order valence-electron chi connectivity index (χ2n) is 11.5. The minimum absolute atomic E-state index is 0.0372. The molecule has 5 atom stereocenters. The van der Waals surface area contributed by atoms with Crippen LogP contribution in [-0.2, 0) is 22.8 Å². The number of anilines is 2. The molecule has 1 aromatic carbocycles. The molecule has 2 aliphatic heterocycles. The molecule has 2 aliphatic rings. The predicted octanol–water partition coefficient (Wildman–Crippen LogP) is 5.59. The molecule has 0 amide bonds. The molecule has 14 heteroatoms. The molecule has 0 saturated carbocycles. The fraction of sp³-hybridized carbons (Fsp3) is 0.423. The lowest BCUT2D eigenvalue weighted by Gasteiger charge is -2.41. The maximum Gasteiger partial charge on any atom is 0.433 e. The van der Waals surface area contributed by atoms with Gasteiger partial charge in [0.1, 0.15) is 24.6 Å². The van der Waals surface area contributed by atoms with E-state index in [-0.39, 0.29) is 17.5 Å². The summed E-state index contributed by atoms with van der Waals surface area (Å²) in [5, 5.41) is 2.82. The lowest BCUT2D eigenvalue weighted by molar-refractivity contribution is -0.0570. The molecule has 40 heavy (non-hydrogen) atoms. The van der Waals surface area contributed by atoms with Crippen LogP contribution in [0.15, 0.2) is 59.5 Å². The number of fused-ring (bicyclic) bond motifs is 2. The second kappa shape index (κ2) is 9.79. The van der Waals surface area contributed by atoms with Gasteiger partial charge in [-0.3, -0.25) is 18.7 Å². The summed E-state index contributed by atoms with van der Waals surface area (Å²) in [6.07, 6.45) is 0.218. The molecule has 2 saturated heterocycles. The van der Waals surface area contributed by atoms with E-state index < -0.39 is 40.6 Å². The quantitative estimate of drug-likeness (QED) is 0.216. The van der Waals surface area contributed by atoms with Gasteiger partial charge >= 0.3 is 7.75 Å². The number of nitrogen functional groups attached to an aromatic ring is 1. The van der Waals surface area contributed by atoms with Crippen LogP contribution >= 0.6 is 7.75 Å². The Morgan fingerprint density at radius 1 is 1.15 bits per heavy atom. The minimum Gasteiger partial charge on any atom is -0.461 e. The van der Waals surface area contributed by atoms with Gasteiger partial charge in [-0.1, -0.05) is 39.0 Å². The summed E-state index contributed by atoms with van der Waals surface area (Å²) in [6, 6.07) is 12.7. The zero-order valence-corrected chi connectivity index (χ0v) is 24.9. The zero-order chi connectivity index (χ0) is 28.3. The Labute approximate surface area is 232 Å². The predicted molar refractivity (Wildman–Crippen MR) is 152 cm³/mol. The number of furan rings is 1. The number of rotatable bonds is 6. The van der Waals surface area contributed by atoms with E-state index >= 15 is 0 Å². The van der Waals surface area contributed by atoms with E-state index in [2.05, 4.69) is 48.9 Å². The average Bonchev–Trinajstić information content (AvgIpc) is 3.62. The number of ether oxygens (including phenoxy) is 1. The van der Waals surface area contributed by atoms with Crippen molar-refractivity contribution >= 4 is 38.7 Å². The van der Waals surface area contributed by atoms with Crippen molar-refractivity contribution < 1.29 is 27.2 Å². The van der Waals surface area contributed by atoms with Crippen molar-refractivity contribution in [1.29, 1.82) is 0 Å². The Balaban J connectivity index is 1.45. The SMILES string of the molecule is CC(C)(C)[Si](C)(C)OC1C(n2c(-c3ccco3)nc3c(N)ncnc32)OC2CO[P@@](=O)(Nc3ccccc3)O[C@@H]21. The smallest absolute Gasteiger partial charge is 0.433 e. The molecule has 0 aliphatic carbocycles. The Morgan fingerprint density at radius 3 is 2.62 bits per heavy atom. The maximum absolute atomic E-state index is 13.8. The van der Waals surface area contributed by atoms with Crippen molar-refractivity contribution in [3.8, 4) is 11.6 Å². The minimum atomic E-state index is -3.75. The Bertz CT molecular complexity index is 1560. The molecular weight excluding hydrogens is 551 g/mol. The number of nitrogens with one attached hydrogen (secondary N) is 1. The van der Waals surface area contributed by atoms with Crippen LogP contribution in [0, 0.1) is 0 Å².